The van der Waals surface area contributed by atoms with E-state index in [4.69, 9.17) is 15.2 Å². The summed E-state index contributed by atoms with van der Waals surface area (Å²) in [6.45, 7) is -0.136. The van der Waals surface area contributed by atoms with Gasteiger partial charge in [-0.2, -0.15) is 0 Å². The Hall–Kier alpha value is -1.36. The van der Waals surface area contributed by atoms with E-state index in [-0.39, 0.29) is 0 Å². The van der Waals surface area contributed by atoms with Crippen molar-refractivity contribution in [1.29, 1.82) is 0 Å². The second-order valence-corrected chi connectivity index (χ2v) is 3.23. The van der Waals surface area contributed by atoms with Gasteiger partial charge in [-0.3, -0.25) is 0 Å². The molecule has 0 amide bonds. The van der Waals surface area contributed by atoms with Crippen LogP contribution < -0.4 is 15.2 Å². The van der Waals surface area contributed by atoms with Crippen LogP contribution in [0.1, 0.15) is 5.56 Å². The number of ether oxygens (including phenoxy) is 2. The first-order valence-electron chi connectivity index (χ1n) is 4.95. The maximum atomic E-state index is 12.0. The maximum Gasteiger partial charge on any atom is 0.272 e. The van der Waals surface area contributed by atoms with E-state index in [1.807, 2.05) is 6.07 Å². The fourth-order valence-corrected chi connectivity index (χ4v) is 1.31. The van der Waals surface area contributed by atoms with Crippen LogP contribution in [0.5, 0.6) is 11.5 Å². The van der Waals surface area contributed by atoms with Gasteiger partial charge >= 0.3 is 0 Å². The number of nitrogens with two attached hydrogens (primary N) is 1. The molecule has 0 bridgehead atoms. The minimum Gasteiger partial charge on any atom is -0.493 e. The summed E-state index contributed by atoms with van der Waals surface area (Å²) in [7, 11) is 1.47. The number of benzene rings is 1. The average Bonchev–Trinajstić information content (AvgIpc) is 2.27. The molecule has 1 aromatic rings. The normalized spacial score (nSPS) is 10.6. The molecule has 90 valence electrons. The zero-order chi connectivity index (χ0) is 12.0. The molecule has 0 unspecified atom stereocenters. The van der Waals surface area contributed by atoms with Crippen LogP contribution in [0, 0.1) is 0 Å². The van der Waals surface area contributed by atoms with Crippen LogP contribution in [-0.2, 0) is 6.42 Å². The van der Waals surface area contributed by atoms with Crippen molar-refractivity contribution in [2.45, 2.75) is 12.8 Å². The SMILES string of the molecule is COc1ccc(CCN)cc1OCC(F)F. The standard InChI is InChI=1S/C11H15F2NO2/c1-15-9-3-2-8(4-5-14)6-10(9)16-7-11(12)13/h2-3,6,11H,4-5,7,14H2,1H3. The van der Waals surface area contributed by atoms with Gasteiger partial charge < -0.3 is 15.2 Å². The van der Waals surface area contributed by atoms with E-state index in [0.29, 0.717) is 24.5 Å². The van der Waals surface area contributed by atoms with Crippen molar-refractivity contribution in [3.8, 4) is 11.5 Å². The minimum atomic E-state index is -2.50. The molecule has 0 heterocycles. The van der Waals surface area contributed by atoms with Gasteiger partial charge in [-0.25, -0.2) is 8.78 Å². The Bertz CT molecular complexity index is 332. The summed E-state index contributed by atoms with van der Waals surface area (Å²) in [5.74, 6) is 0.773. The van der Waals surface area contributed by atoms with Crippen LogP contribution in [0.2, 0.25) is 0 Å². The molecule has 0 aliphatic heterocycles. The molecule has 0 saturated heterocycles. The molecule has 0 aliphatic rings. The summed E-state index contributed by atoms with van der Waals surface area (Å²) in [5.41, 5.74) is 6.35. The molecule has 0 fully saturated rings. The lowest BCUT2D eigenvalue weighted by Gasteiger charge is -2.11. The van der Waals surface area contributed by atoms with Crippen molar-refractivity contribution in [1.82, 2.24) is 0 Å². The fraction of sp³-hybridized carbons (Fsp3) is 0.455. The number of hydrogen-bond donors (Lipinski definition) is 1. The number of halogens is 2. The first-order chi connectivity index (χ1) is 7.67. The molecule has 0 aliphatic carbocycles. The Balaban J connectivity index is 2.79. The van der Waals surface area contributed by atoms with Gasteiger partial charge in [0.15, 0.2) is 11.5 Å². The van der Waals surface area contributed by atoms with Gasteiger partial charge in [-0.05, 0) is 30.7 Å². The van der Waals surface area contributed by atoms with Crippen LogP contribution >= 0.6 is 0 Å². The van der Waals surface area contributed by atoms with Crippen molar-refractivity contribution in [2.75, 3.05) is 20.3 Å². The Labute approximate surface area is 93.2 Å². The third-order valence-corrected chi connectivity index (χ3v) is 2.03. The van der Waals surface area contributed by atoms with Crippen molar-refractivity contribution >= 4 is 0 Å². The number of rotatable bonds is 6. The molecule has 16 heavy (non-hydrogen) atoms. The zero-order valence-corrected chi connectivity index (χ0v) is 9.08. The number of alkyl halides is 2. The van der Waals surface area contributed by atoms with Crippen LogP contribution in [0.3, 0.4) is 0 Å². The Morgan fingerprint density at radius 3 is 2.62 bits per heavy atom. The van der Waals surface area contributed by atoms with Gasteiger partial charge in [0, 0.05) is 0 Å². The van der Waals surface area contributed by atoms with E-state index in [1.54, 1.807) is 12.1 Å². The highest BCUT2D eigenvalue weighted by Crippen LogP contribution is 2.28. The second kappa shape index (κ2) is 6.27. The summed E-state index contributed by atoms with van der Waals surface area (Å²) in [6, 6.07) is 5.20. The summed E-state index contributed by atoms with van der Waals surface area (Å²) >= 11 is 0. The predicted octanol–water partition coefficient (Wildman–Crippen LogP) is 1.84. The first-order valence-corrected chi connectivity index (χ1v) is 4.95. The van der Waals surface area contributed by atoms with Gasteiger partial charge in [-0.15, -0.1) is 0 Å². The van der Waals surface area contributed by atoms with E-state index in [9.17, 15) is 8.78 Å². The van der Waals surface area contributed by atoms with Gasteiger partial charge in [-0.1, -0.05) is 6.07 Å². The quantitative estimate of drug-likeness (QED) is 0.812. The molecule has 1 rings (SSSR count). The van der Waals surface area contributed by atoms with E-state index in [1.165, 1.54) is 7.11 Å². The molecular formula is C11H15F2NO2. The highest BCUT2D eigenvalue weighted by atomic mass is 19.3. The third-order valence-electron chi connectivity index (χ3n) is 2.03. The largest absolute Gasteiger partial charge is 0.493 e. The molecule has 5 heteroatoms. The lowest BCUT2D eigenvalue weighted by Crippen LogP contribution is -2.08. The minimum absolute atomic E-state index is 0.328. The predicted molar refractivity (Wildman–Crippen MR) is 57.3 cm³/mol. The van der Waals surface area contributed by atoms with Crippen molar-refractivity contribution in [3.63, 3.8) is 0 Å². The van der Waals surface area contributed by atoms with Crippen LogP contribution in [0.25, 0.3) is 0 Å². The van der Waals surface area contributed by atoms with E-state index >= 15 is 0 Å². The molecule has 0 saturated carbocycles. The molecule has 0 spiro atoms. The molecule has 2 N–H and O–H groups in total. The Morgan fingerprint density at radius 2 is 2.06 bits per heavy atom. The van der Waals surface area contributed by atoms with E-state index < -0.39 is 13.0 Å². The van der Waals surface area contributed by atoms with Gasteiger partial charge in [0.05, 0.1) is 7.11 Å². The smallest absolute Gasteiger partial charge is 0.272 e. The highest BCUT2D eigenvalue weighted by molar-refractivity contribution is 5.43. The highest BCUT2D eigenvalue weighted by Gasteiger charge is 2.09. The zero-order valence-electron chi connectivity index (χ0n) is 9.08. The average molecular weight is 231 g/mol. The van der Waals surface area contributed by atoms with Gasteiger partial charge in [0.2, 0.25) is 0 Å². The van der Waals surface area contributed by atoms with Crippen molar-refractivity contribution < 1.29 is 18.3 Å². The number of methoxy groups -OCH3 is 1. The van der Waals surface area contributed by atoms with Crippen LogP contribution in [0.4, 0.5) is 8.78 Å². The van der Waals surface area contributed by atoms with Crippen LogP contribution in [-0.4, -0.2) is 26.7 Å². The molecule has 3 nitrogen and oxygen atoms in total. The Morgan fingerprint density at radius 1 is 1.31 bits per heavy atom. The first kappa shape index (κ1) is 12.7. The lowest BCUT2D eigenvalue weighted by atomic mass is 10.1. The molecular weight excluding hydrogens is 216 g/mol. The van der Waals surface area contributed by atoms with Gasteiger partial charge in [0.25, 0.3) is 6.43 Å². The Kier molecular flexibility index (Phi) is 4.98. The van der Waals surface area contributed by atoms with Crippen molar-refractivity contribution in [3.05, 3.63) is 23.8 Å². The summed E-state index contributed by atoms with van der Waals surface area (Å²) in [6.07, 6.45) is -1.82. The molecule has 0 radical (unpaired) electrons. The monoisotopic (exact) mass is 231 g/mol. The van der Waals surface area contributed by atoms with Crippen molar-refractivity contribution in [2.24, 2.45) is 5.73 Å². The fourth-order valence-electron chi connectivity index (χ4n) is 1.31. The van der Waals surface area contributed by atoms with Gasteiger partial charge in [0.1, 0.15) is 6.61 Å². The topological polar surface area (TPSA) is 44.5 Å². The molecule has 0 aromatic heterocycles. The summed E-state index contributed by atoms with van der Waals surface area (Å²) in [5, 5.41) is 0. The third kappa shape index (κ3) is 3.66. The van der Waals surface area contributed by atoms with E-state index in [0.717, 1.165) is 5.56 Å². The summed E-state index contributed by atoms with van der Waals surface area (Å²) < 4.78 is 34.0. The molecule has 1 aromatic carbocycles. The maximum absolute atomic E-state index is 12.0. The lowest BCUT2D eigenvalue weighted by molar-refractivity contribution is 0.0804. The molecule has 0 atom stereocenters. The number of hydrogen-bond acceptors (Lipinski definition) is 3. The second-order valence-electron chi connectivity index (χ2n) is 3.23. The van der Waals surface area contributed by atoms with E-state index in [2.05, 4.69) is 0 Å². The summed E-state index contributed by atoms with van der Waals surface area (Å²) in [4.78, 5) is 0. The van der Waals surface area contributed by atoms with Crippen LogP contribution in [0.15, 0.2) is 18.2 Å².